The van der Waals surface area contributed by atoms with Crippen LogP contribution in [0.5, 0.6) is 0 Å². The van der Waals surface area contributed by atoms with E-state index < -0.39 is 30.3 Å². The molecule has 9 nitrogen and oxygen atoms in total. The Kier molecular flexibility index (Phi) is 6.73. The predicted molar refractivity (Wildman–Crippen MR) is 93.2 cm³/mol. The summed E-state index contributed by atoms with van der Waals surface area (Å²) < 4.78 is 11.3. The van der Waals surface area contributed by atoms with Crippen molar-refractivity contribution in [3.63, 3.8) is 0 Å². The van der Waals surface area contributed by atoms with E-state index >= 15 is 0 Å². The van der Waals surface area contributed by atoms with Crippen molar-refractivity contribution >= 4 is 23.0 Å². The summed E-state index contributed by atoms with van der Waals surface area (Å²) in [6.07, 6.45) is 0.218. The van der Waals surface area contributed by atoms with E-state index in [1.807, 2.05) is 12.1 Å². The van der Waals surface area contributed by atoms with E-state index in [1.54, 1.807) is 24.3 Å². The third kappa shape index (κ3) is 4.73. The molecule has 27 heavy (non-hydrogen) atoms. The number of aromatic nitrogens is 1. The Balaban J connectivity index is 2.04. The number of carbonyl (C=O) groups excluding carboxylic acids is 2. The Morgan fingerprint density at radius 1 is 1.22 bits per heavy atom. The van der Waals surface area contributed by atoms with Crippen molar-refractivity contribution in [2.75, 3.05) is 19.7 Å². The SMILES string of the molecule is CC(C(=O)OCC(=O)N(CCC#N)CCC#N)n1c(=O)oc2ccccc21. The molecule has 2 rings (SSSR count). The number of para-hydroxylation sites is 2. The number of rotatable bonds is 8. The molecule has 1 amide bonds. The summed E-state index contributed by atoms with van der Waals surface area (Å²) in [7, 11) is 0. The number of benzene rings is 1. The van der Waals surface area contributed by atoms with E-state index in [2.05, 4.69) is 0 Å². The fourth-order valence-electron chi connectivity index (χ4n) is 2.53. The maximum atomic E-state index is 12.3. The summed E-state index contributed by atoms with van der Waals surface area (Å²) in [6, 6.07) is 9.51. The molecule has 1 atom stereocenters. The van der Waals surface area contributed by atoms with Crippen LogP contribution in [0.3, 0.4) is 0 Å². The second-order valence-corrected chi connectivity index (χ2v) is 5.69. The lowest BCUT2D eigenvalue weighted by Gasteiger charge is -2.20. The summed E-state index contributed by atoms with van der Waals surface area (Å²) in [5.74, 6) is -1.97. The van der Waals surface area contributed by atoms with E-state index in [0.717, 1.165) is 4.57 Å². The molecule has 0 aliphatic heterocycles. The number of fused-ring (bicyclic) bond motifs is 1. The highest BCUT2D eigenvalue weighted by Gasteiger charge is 2.24. The largest absolute Gasteiger partial charge is 0.454 e. The summed E-state index contributed by atoms with van der Waals surface area (Å²) in [4.78, 5) is 37.8. The van der Waals surface area contributed by atoms with Gasteiger partial charge in [0.1, 0.15) is 6.04 Å². The summed E-state index contributed by atoms with van der Waals surface area (Å²) in [6.45, 7) is 1.23. The first-order chi connectivity index (χ1) is 13.0. The molecule has 0 saturated carbocycles. The topological polar surface area (TPSA) is 129 Å². The number of carbonyl (C=O) groups is 2. The highest BCUT2D eigenvalue weighted by Crippen LogP contribution is 2.17. The van der Waals surface area contributed by atoms with Gasteiger partial charge in [-0.15, -0.1) is 0 Å². The van der Waals surface area contributed by atoms with Crippen LogP contribution in [-0.2, 0) is 14.3 Å². The van der Waals surface area contributed by atoms with Gasteiger partial charge in [0.2, 0.25) is 0 Å². The fraction of sp³-hybridized carbons (Fsp3) is 0.389. The van der Waals surface area contributed by atoms with Gasteiger partial charge in [-0.05, 0) is 19.1 Å². The lowest BCUT2D eigenvalue weighted by molar-refractivity contribution is -0.154. The molecule has 0 radical (unpaired) electrons. The van der Waals surface area contributed by atoms with Crippen molar-refractivity contribution in [1.29, 1.82) is 10.5 Å². The van der Waals surface area contributed by atoms with Gasteiger partial charge in [-0.25, -0.2) is 9.59 Å². The zero-order chi connectivity index (χ0) is 19.8. The van der Waals surface area contributed by atoms with Crippen LogP contribution >= 0.6 is 0 Å². The van der Waals surface area contributed by atoms with Crippen molar-refractivity contribution in [2.45, 2.75) is 25.8 Å². The van der Waals surface area contributed by atoms with Crippen LogP contribution < -0.4 is 5.76 Å². The molecule has 0 bridgehead atoms. The number of hydrogen-bond donors (Lipinski definition) is 0. The molecule has 1 unspecified atom stereocenters. The van der Waals surface area contributed by atoms with Crippen LogP contribution in [0.1, 0.15) is 25.8 Å². The molecule has 2 aromatic rings. The minimum Gasteiger partial charge on any atom is -0.454 e. The molecule has 1 aromatic heterocycles. The van der Waals surface area contributed by atoms with Crippen LogP contribution in [-0.4, -0.2) is 41.0 Å². The first kappa shape index (κ1) is 19.7. The minimum atomic E-state index is -0.986. The number of hydrogen-bond acceptors (Lipinski definition) is 7. The van der Waals surface area contributed by atoms with Crippen molar-refractivity contribution in [2.24, 2.45) is 0 Å². The van der Waals surface area contributed by atoms with Gasteiger partial charge >= 0.3 is 11.7 Å². The zero-order valence-corrected chi connectivity index (χ0v) is 14.8. The number of nitriles is 2. The van der Waals surface area contributed by atoms with Gasteiger partial charge in [0.15, 0.2) is 12.2 Å². The van der Waals surface area contributed by atoms with Gasteiger partial charge in [-0.2, -0.15) is 10.5 Å². The highest BCUT2D eigenvalue weighted by molar-refractivity contribution is 5.83. The Bertz CT molecular complexity index is 945. The maximum Gasteiger partial charge on any atom is 0.420 e. The van der Waals surface area contributed by atoms with E-state index in [0.29, 0.717) is 11.1 Å². The lowest BCUT2D eigenvalue weighted by Crippen LogP contribution is -2.37. The van der Waals surface area contributed by atoms with Crippen LogP contribution in [0.15, 0.2) is 33.5 Å². The van der Waals surface area contributed by atoms with Crippen LogP contribution in [0.2, 0.25) is 0 Å². The normalized spacial score (nSPS) is 11.4. The third-order valence-corrected chi connectivity index (χ3v) is 3.92. The Morgan fingerprint density at radius 3 is 2.48 bits per heavy atom. The molecule has 1 aromatic carbocycles. The molecular weight excluding hydrogens is 352 g/mol. The smallest absolute Gasteiger partial charge is 0.420 e. The Labute approximate surface area is 154 Å². The average Bonchev–Trinajstić information content (AvgIpc) is 3.01. The Hall–Kier alpha value is -3.59. The molecule has 0 spiro atoms. The highest BCUT2D eigenvalue weighted by atomic mass is 16.5. The second-order valence-electron chi connectivity index (χ2n) is 5.69. The van der Waals surface area contributed by atoms with Crippen LogP contribution in [0.4, 0.5) is 0 Å². The summed E-state index contributed by atoms with van der Waals surface area (Å²) in [5.41, 5.74) is 0.792. The summed E-state index contributed by atoms with van der Waals surface area (Å²) >= 11 is 0. The van der Waals surface area contributed by atoms with E-state index in [1.165, 1.54) is 11.8 Å². The predicted octanol–water partition coefficient (Wildman–Crippen LogP) is 1.35. The molecule has 140 valence electrons. The van der Waals surface area contributed by atoms with Gasteiger partial charge in [-0.3, -0.25) is 9.36 Å². The van der Waals surface area contributed by atoms with Gasteiger partial charge in [0.25, 0.3) is 5.91 Å². The number of ether oxygens (including phenoxy) is 1. The van der Waals surface area contributed by atoms with Crippen LogP contribution in [0, 0.1) is 22.7 Å². The molecule has 0 saturated heterocycles. The molecular formula is C18H18N4O5. The van der Waals surface area contributed by atoms with E-state index in [9.17, 15) is 14.4 Å². The number of esters is 1. The second kappa shape index (κ2) is 9.20. The molecule has 0 fully saturated rings. The van der Waals surface area contributed by atoms with Crippen molar-refractivity contribution in [3.8, 4) is 12.1 Å². The monoisotopic (exact) mass is 370 g/mol. The quantitative estimate of drug-likeness (QED) is 0.641. The number of amides is 1. The molecule has 0 N–H and O–H groups in total. The molecule has 1 heterocycles. The van der Waals surface area contributed by atoms with Gasteiger partial charge < -0.3 is 14.1 Å². The van der Waals surface area contributed by atoms with Gasteiger partial charge in [-0.1, -0.05) is 12.1 Å². The minimum absolute atomic E-state index is 0.109. The third-order valence-electron chi connectivity index (χ3n) is 3.92. The maximum absolute atomic E-state index is 12.3. The lowest BCUT2D eigenvalue weighted by atomic mass is 10.3. The molecule has 0 aliphatic carbocycles. The van der Waals surface area contributed by atoms with Crippen LogP contribution in [0.25, 0.3) is 11.1 Å². The first-order valence-electron chi connectivity index (χ1n) is 8.28. The van der Waals surface area contributed by atoms with E-state index in [4.69, 9.17) is 19.7 Å². The van der Waals surface area contributed by atoms with Crippen molar-refractivity contribution in [3.05, 3.63) is 34.8 Å². The standard InChI is InChI=1S/C18H18N4O5/c1-13(22-14-6-2-3-7-15(14)27-18(22)25)17(24)26-12-16(23)21(10-4-8-19)11-5-9-20/h2-3,6-7,13H,4-5,10-12H2,1H3. The molecule has 9 heteroatoms. The molecule has 0 aliphatic rings. The average molecular weight is 370 g/mol. The fourth-order valence-corrected chi connectivity index (χ4v) is 2.53. The van der Waals surface area contributed by atoms with Crippen molar-refractivity contribution in [1.82, 2.24) is 9.47 Å². The van der Waals surface area contributed by atoms with E-state index in [-0.39, 0.29) is 25.9 Å². The Morgan fingerprint density at radius 2 is 1.85 bits per heavy atom. The van der Waals surface area contributed by atoms with Gasteiger partial charge in [0, 0.05) is 13.1 Å². The first-order valence-corrected chi connectivity index (χ1v) is 8.28. The summed E-state index contributed by atoms with van der Waals surface area (Å²) in [5, 5.41) is 17.3. The van der Waals surface area contributed by atoms with Crippen molar-refractivity contribution < 1.29 is 18.7 Å². The van der Waals surface area contributed by atoms with Gasteiger partial charge in [0.05, 0.1) is 30.5 Å². The number of oxazole rings is 1. The number of nitrogens with zero attached hydrogens (tertiary/aromatic N) is 4. The zero-order valence-electron chi connectivity index (χ0n) is 14.8.